The highest BCUT2D eigenvalue weighted by atomic mass is 31.0. The second-order valence-corrected chi connectivity index (χ2v) is 6.44. The first kappa shape index (κ1) is 19.0. The van der Waals surface area contributed by atoms with Crippen molar-refractivity contribution < 1.29 is 8.78 Å². The van der Waals surface area contributed by atoms with Gasteiger partial charge in [0.05, 0.1) is 11.8 Å². The largest absolute Gasteiger partial charge is 0.398 e. The van der Waals surface area contributed by atoms with Gasteiger partial charge in [-0.15, -0.1) is 0 Å². The van der Waals surface area contributed by atoms with Crippen LogP contribution in [0.2, 0.25) is 0 Å². The lowest BCUT2D eigenvalue weighted by molar-refractivity contribution is 0.0905. The van der Waals surface area contributed by atoms with Crippen LogP contribution < -0.4 is 5.73 Å². The van der Waals surface area contributed by atoms with E-state index in [1.807, 2.05) is 32.1 Å². The molecule has 0 fully saturated rings. The van der Waals surface area contributed by atoms with Crippen molar-refractivity contribution in [2.75, 3.05) is 0 Å². The van der Waals surface area contributed by atoms with Gasteiger partial charge in [0.15, 0.2) is 0 Å². The maximum atomic E-state index is 12.9. The quantitative estimate of drug-likeness (QED) is 0.657. The fourth-order valence-electron chi connectivity index (χ4n) is 2.45. The first-order chi connectivity index (χ1) is 10.3. The number of rotatable bonds is 7. The van der Waals surface area contributed by atoms with Crippen molar-refractivity contribution in [3.63, 3.8) is 0 Å². The van der Waals surface area contributed by atoms with E-state index in [2.05, 4.69) is 6.92 Å². The van der Waals surface area contributed by atoms with E-state index in [1.165, 1.54) is 0 Å². The molecular weight excluding hydrogens is 301 g/mol. The number of hydrogen-bond acceptors (Lipinski definition) is 2. The highest BCUT2D eigenvalue weighted by molar-refractivity contribution is 7.18. The lowest BCUT2D eigenvalue weighted by atomic mass is 9.95. The number of nitrogens with two attached hydrogens (primary N) is 1. The average Bonchev–Trinajstić information content (AvgIpc) is 2.45. The summed E-state index contributed by atoms with van der Waals surface area (Å²) < 4.78 is 25.8. The third-order valence-electron chi connectivity index (χ3n) is 3.82. The summed E-state index contributed by atoms with van der Waals surface area (Å²) in [5, 5.41) is 0. The molecule has 2 nitrogen and oxygen atoms in total. The first-order valence-electron chi connectivity index (χ1n) is 7.90. The summed E-state index contributed by atoms with van der Waals surface area (Å²) in [7, 11) is 1.60. The number of aliphatic imine (C=N–C) groups is 1. The molecule has 0 radical (unpaired) electrons. The van der Waals surface area contributed by atoms with E-state index >= 15 is 0 Å². The van der Waals surface area contributed by atoms with Crippen molar-refractivity contribution in [3.05, 3.63) is 35.1 Å². The molecule has 0 aliphatic heterocycles. The zero-order valence-corrected chi connectivity index (χ0v) is 14.9. The molecule has 2 unspecified atom stereocenters. The number of nitrogens with zero attached hydrogens (tertiary/aromatic N) is 1. The highest BCUT2D eigenvalue weighted by Crippen LogP contribution is 2.29. The average molecular weight is 328 g/mol. The standard InChI is InChI=1S/C17H27F2N2P/c1-4-12-11-16(13(5-2)10-15(12)20)21-14(6-3)8-7-9-17(18,19)22/h5,10-11,14H,4,6-9,20,22H2,1-3H3/b13-5-,21-16-. The lowest BCUT2D eigenvalue weighted by Crippen LogP contribution is -2.15. The third kappa shape index (κ3) is 6.00. The minimum absolute atomic E-state index is 0.0689. The van der Waals surface area contributed by atoms with Crippen molar-refractivity contribution in [3.8, 4) is 0 Å². The monoisotopic (exact) mass is 328 g/mol. The molecule has 0 aromatic heterocycles. The molecule has 0 bridgehead atoms. The van der Waals surface area contributed by atoms with Gasteiger partial charge < -0.3 is 5.73 Å². The van der Waals surface area contributed by atoms with Crippen molar-refractivity contribution in [1.82, 2.24) is 0 Å². The van der Waals surface area contributed by atoms with E-state index in [1.54, 1.807) is 9.24 Å². The molecule has 1 aliphatic rings. The van der Waals surface area contributed by atoms with Gasteiger partial charge in [0.2, 0.25) is 0 Å². The van der Waals surface area contributed by atoms with E-state index in [0.29, 0.717) is 12.8 Å². The summed E-state index contributed by atoms with van der Waals surface area (Å²) >= 11 is 0. The van der Waals surface area contributed by atoms with Crippen LogP contribution in [-0.4, -0.2) is 17.4 Å². The van der Waals surface area contributed by atoms with Crippen LogP contribution in [0.5, 0.6) is 0 Å². The van der Waals surface area contributed by atoms with Crippen molar-refractivity contribution in [2.24, 2.45) is 10.7 Å². The van der Waals surface area contributed by atoms with Crippen LogP contribution in [0.15, 0.2) is 40.1 Å². The Bertz CT molecular complexity index is 499. The van der Waals surface area contributed by atoms with Gasteiger partial charge in [-0.05, 0) is 55.9 Å². The van der Waals surface area contributed by atoms with Gasteiger partial charge >= 0.3 is 0 Å². The van der Waals surface area contributed by atoms with Crippen LogP contribution in [0.25, 0.3) is 0 Å². The minimum atomic E-state index is -2.67. The normalized spacial score (nSPS) is 21.0. The molecule has 22 heavy (non-hydrogen) atoms. The fraction of sp³-hybridized carbons (Fsp3) is 0.588. The molecule has 1 aliphatic carbocycles. The van der Waals surface area contributed by atoms with Crippen LogP contribution in [0, 0.1) is 0 Å². The molecule has 2 atom stereocenters. The van der Waals surface area contributed by atoms with Gasteiger partial charge in [-0.3, -0.25) is 4.99 Å². The van der Waals surface area contributed by atoms with E-state index in [9.17, 15) is 8.78 Å². The topological polar surface area (TPSA) is 38.4 Å². The molecule has 0 amide bonds. The van der Waals surface area contributed by atoms with Gasteiger partial charge in [0, 0.05) is 12.1 Å². The zero-order chi connectivity index (χ0) is 16.8. The summed E-state index contributed by atoms with van der Waals surface area (Å²) in [5.41, 5.74) is 7.13. The molecule has 0 saturated carbocycles. The Morgan fingerprint density at radius 1 is 1.36 bits per heavy atom. The molecule has 0 aromatic carbocycles. The van der Waals surface area contributed by atoms with E-state index in [0.717, 1.165) is 35.4 Å². The summed E-state index contributed by atoms with van der Waals surface area (Å²) in [6.45, 7) is 6.05. The number of alkyl halides is 2. The van der Waals surface area contributed by atoms with Crippen molar-refractivity contribution in [1.29, 1.82) is 0 Å². The molecule has 5 heteroatoms. The Balaban J connectivity index is 2.85. The minimum Gasteiger partial charge on any atom is -0.398 e. The van der Waals surface area contributed by atoms with E-state index < -0.39 is 5.66 Å². The second-order valence-electron chi connectivity index (χ2n) is 5.60. The summed E-state index contributed by atoms with van der Waals surface area (Å²) in [6, 6.07) is 0.0689. The van der Waals surface area contributed by atoms with Crippen LogP contribution >= 0.6 is 9.24 Å². The van der Waals surface area contributed by atoms with Gasteiger partial charge in [0.25, 0.3) is 5.66 Å². The predicted molar refractivity (Wildman–Crippen MR) is 94.4 cm³/mol. The van der Waals surface area contributed by atoms with Gasteiger partial charge in [-0.25, -0.2) is 8.78 Å². The third-order valence-corrected chi connectivity index (χ3v) is 4.11. The van der Waals surface area contributed by atoms with Gasteiger partial charge in [0.1, 0.15) is 0 Å². The molecule has 1 rings (SSSR count). The molecule has 124 valence electrons. The maximum absolute atomic E-state index is 12.9. The molecule has 0 aromatic rings. The lowest BCUT2D eigenvalue weighted by Gasteiger charge is -2.18. The molecule has 2 N–H and O–H groups in total. The smallest absolute Gasteiger partial charge is 0.259 e. The Kier molecular flexibility index (Phi) is 7.41. The molecule has 0 saturated heterocycles. The SMILES string of the molecule is C/C=C1/C=C(N)C(CC)=C/C1=N/C(CC)CCCC(F)(F)P. The maximum Gasteiger partial charge on any atom is 0.259 e. The van der Waals surface area contributed by atoms with E-state index in [4.69, 9.17) is 10.7 Å². The van der Waals surface area contributed by atoms with Gasteiger partial charge in [-0.2, -0.15) is 0 Å². The van der Waals surface area contributed by atoms with Crippen LogP contribution in [0.1, 0.15) is 52.9 Å². The number of hydrogen-bond donors (Lipinski definition) is 1. The Labute approximate surface area is 134 Å². The number of allylic oxidation sites excluding steroid dienone is 5. The highest BCUT2D eigenvalue weighted by Gasteiger charge is 2.21. The summed E-state index contributed by atoms with van der Waals surface area (Å²) in [5.74, 6) is 0. The molecular formula is C17H27F2N2P. The van der Waals surface area contributed by atoms with Crippen LogP contribution in [0.4, 0.5) is 8.78 Å². The Morgan fingerprint density at radius 3 is 2.55 bits per heavy atom. The van der Waals surface area contributed by atoms with E-state index in [-0.39, 0.29) is 12.5 Å². The Morgan fingerprint density at radius 2 is 2.05 bits per heavy atom. The van der Waals surface area contributed by atoms with Crippen molar-refractivity contribution in [2.45, 2.75) is 64.6 Å². The van der Waals surface area contributed by atoms with Gasteiger partial charge in [-0.1, -0.05) is 29.2 Å². The fourth-order valence-corrected chi connectivity index (χ4v) is 2.65. The predicted octanol–water partition coefficient (Wildman–Crippen LogP) is 4.98. The molecule has 0 spiro atoms. The summed E-state index contributed by atoms with van der Waals surface area (Å²) in [6.07, 6.45) is 8.69. The molecule has 0 heterocycles. The zero-order valence-electron chi connectivity index (χ0n) is 13.7. The Hall–Kier alpha value is -1.02. The van der Waals surface area contributed by atoms with Crippen LogP contribution in [0.3, 0.4) is 0 Å². The van der Waals surface area contributed by atoms with Crippen molar-refractivity contribution >= 4 is 15.0 Å². The first-order valence-corrected chi connectivity index (χ1v) is 8.47. The summed E-state index contributed by atoms with van der Waals surface area (Å²) in [4.78, 5) is 4.78. The number of halogens is 2. The second kappa shape index (κ2) is 8.57. The van der Waals surface area contributed by atoms with Crippen LogP contribution in [-0.2, 0) is 0 Å².